The first-order valence-corrected chi connectivity index (χ1v) is 12.5. The summed E-state index contributed by atoms with van der Waals surface area (Å²) in [4.78, 5) is 24.6. The molecule has 2 unspecified atom stereocenters. The van der Waals surface area contributed by atoms with Crippen LogP contribution in [-0.4, -0.2) is 50.3 Å². The van der Waals surface area contributed by atoms with Crippen molar-refractivity contribution in [1.82, 2.24) is 24.8 Å². The number of piperazine rings is 1. The monoisotopic (exact) mass is 503 g/mol. The second-order valence-corrected chi connectivity index (χ2v) is 10.5. The average molecular weight is 504 g/mol. The summed E-state index contributed by atoms with van der Waals surface area (Å²) < 4.78 is 7.90. The number of amides is 1. The number of nitrogens with one attached hydrogen (secondary N) is 1. The zero-order chi connectivity index (χ0) is 25.4. The van der Waals surface area contributed by atoms with Crippen LogP contribution in [0.2, 0.25) is 5.02 Å². The highest BCUT2D eigenvalue weighted by Crippen LogP contribution is 2.39. The van der Waals surface area contributed by atoms with Crippen LogP contribution in [0.15, 0.2) is 67.1 Å². The molecule has 8 heteroatoms. The van der Waals surface area contributed by atoms with Gasteiger partial charge in [0.15, 0.2) is 0 Å². The van der Waals surface area contributed by atoms with Crippen molar-refractivity contribution in [2.75, 3.05) is 13.1 Å². The maximum absolute atomic E-state index is 13.3. The van der Waals surface area contributed by atoms with Crippen LogP contribution in [0.25, 0.3) is 27.8 Å². The molecular formula is C28H30ClN5O2. The SMILES string of the molecule is CC1NCCN(C(=O)OC(C)(C)C)C1c1nccc2c1c(-c1ccccn1)cn2-c1cccc(Cl)c1. The minimum atomic E-state index is -0.593. The Kier molecular flexibility index (Phi) is 6.45. The summed E-state index contributed by atoms with van der Waals surface area (Å²) in [7, 11) is 0. The Hall–Kier alpha value is -3.42. The third-order valence-electron chi connectivity index (χ3n) is 6.31. The van der Waals surface area contributed by atoms with Crippen LogP contribution in [0.5, 0.6) is 0 Å². The summed E-state index contributed by atoms with van der Waals surface area (Å²) in [6, 6.07) is 15.2. The van der Waals surface area contributed by atoms with Crippen molar-refractivity contribution in [2.24, 2.45) is 0 Å². The van der Waals surface area contributed by atoms with Crippen LogP contribution in [0.3, 0.4) is 0 Å². The fourth-order valence-corrected chi connectivity index (χ4v) is 5.01. The van der Waals surface area contributed by atoms with Gasteiger partial charge in [0.1, 0.15) is 5.60 Å². The number of nitrogens with zero attached hydrogens (tertiary/aromatic N) is 4. The number of aromatic nitrogens is 3. The van der Waals surface area contributed by atoms with Crippen molar-refractivity contribution in [3.8, 4) is 16.9 Å². The molecule has 1 saturated heterocycles. The summed E-state index contributed by atoms with van der Waals surface area (Å²) in [5, 5.41) is 5.12. The molecule has 4 heterocycles. The number of ether oxygens (including phenoxy) is 1. The van der Waals surface area contributed by atoms with Gasteiger partial charge >= 0.3 is 6.09 Å². The van der Waals surface area contributed by atoms with E-state index in [1.165, 1.54) is 0 Å². The Bertz CT molecular complexity index is 1400. The number of carbonyl (C=O) groups is 1. The van der Waals surface area contributed by atoms with Crippen LogP contribution >= 0.6 is 11.6 Å². The molecule has 0 saturated carbocycles. The van der Waals surface area contributed by atoms with Crippen LogP contribution in [-0.2, 0) is 4.74 Å². The Morgan fingerprint density at radius 3 is 2.67 bits per heavy atom. The molecule has 0 bridgehead atoms. The van der Waals surface area contributed by atoms with Crippen molar-refractivity contribution in [3.05, 3.63) is 77.8 Å². The van der Waals surface area contributed by atoms with E-state index in [1.54, 1.807) is 17.3 Å². The standard InChI is InChI=1S/C28H30ClN5O2/c1-18-26(33(15-14-30-18)27(35)36-28(2,3)4)25-24-21(22-10-5-6-12-31-22)17-34(23(24)11-13-32-25)20-9-7-8-19(29)16-20/h5-13,16-18,26,30H,14-15H2,1-4H3. The third kappa shape index (κ3) is 4.68. The van der Waals surface area contributed by atoms with Gasteiger partial charge in [0, 0.05) is 59.4 Å². The normalized spacial score (nSPS) is 18.4. The molecule has 1 aliphatic rings. The smallest absolute Gasteiger partial charge is 0.410 e. The molecular weight excluding hydrogens is 474 g/mol. The maximum Gasteiger partial charge on any atom is 0.410 e. The van der Waals surface area contributed by atoms with Gasteiger partial charge < -0.3 is 14.6 Å². The molecule has 5 rings (SSSR count). The predicted molar refractivity (Wildman–Crippen MR) is 142 cm³/mol. The van der Waals surface area contributed by atoms with Gasteiger partial charge in [-0.25, -0.2) is 4.79 Å². The third-order valence-corrected chi connectivity index (χ3v) is 6.54. The molecule has 1 amide bonds. The van der Waals surface area contributed by atoms with E-state index in [9.17, 15) is 4.79 Å². The molecule has 1 fully saturated rings. The molecule has 1 aromatic carbocycles. The minimum absolute atomic E-state index is 0.0320. The lowest BCUT2D eigenvalue weighted by atomic mass is 9.96. The lowest BCUT2D eigenvalue weighted by molar-refractivity contribution is 0.00598. The molecule has 7 nitrogen and oxygen atoms in total. The van der Waals surface area contributed by atoms with Crippen LogP contribution < -0.4 is 5.32 Å². The topological polar surface area (TPSA) is 72.3 Å². The number of fused-ring (bicyclic) bond motifs is 1. The molecule has 1 aliphatic heterocycles. The molecule has 0 spiro atoms. The molecule has 3 aromatic heterocycles. The van der Waals surface area contributed by atoms with Crippen molar-refractivity contribution >= 4 is 28.6 Å². The lowest BCUT2D eigenvalue weighted by Gasteiger charge is -2.41. The van der Waals surface area contributed by atoms with Gasteiger partial charge in [0.05, 0.1) is 22.9 Å². The summed E-state index contributed by atoms with van der Waals surface area (Å²) in [5.74, 6) is 0. The second kappa shape index (κ2) is 9.56. The van der Waals surface area contributed by atoms with Crippen molar-refractivity contribution in [1.29, 1.82) is 0 Å². The van der Waals surface area contributed by atoms with Gasteiger partial charge in [0.25, 0.3) is 0 Å². The summed E-state index contributed by atoms with van der Waals surface area (Å²) in [6.45, 7) is 8.94. The molecule has 0 radical (unpaired) electrons. The number of hydrogen-bond donors (Lipinski definition) is 1. The van der Waals surface area contributed by atoms with E-state index in [2.05, 4.69) is 28.0 Å². The van der Waals surface area contributed by atoms with E-state index in [-0.39, 0.29) is 18.2 Å². The van der Waals surface area contributed by atoms with Gasteiger partial charge in [-0.3, -0.25) is 14.9 Å². The quantitative estimate of drug-likeness (QED) is 0.370. The van der Waals surface area contributed by atoms with Crippen molar-refractivity contribution < 1.29 is 9.53 Å². The van der Waals surface area contributed by atoms with E-state index in [4.69, 9.17) is 21.3 Å². The first kappa shape index (κ1) is 24.3. The Labute approximate surface area is 216 Å². The van der Waals surface area contributed by atoms with Crippen molar-refractivity contribution in [2.45, 2.75) is 45.4 Å². The lowest BCUT2D eigenvalue weighted by Crippen LogP contribution is -2.54. The van der Waals surface area contributed by atoms with Gasteiger partial charge in [-0.15, -0.1) is 0 Å². The number of benzene rings is 1. The predicted octanol–water partition coefficient (Wildman–Crippen LogP) is 6.01. The first-order chi connectivity index (χ1) is 17.2. The second-order valence-electron chi connectivity index (χ2n) is 10.1. The average Bonchev–Trinajstić information content (AvgIpc) is 3.24. The van der Waals surface area contributed by atoms with Gasteiger partial charge in [0.2, 0.25) is 0 Å². The van der Waals surface area contributed by atoms with Crippen LogP contribution in [0.1, 0.15) is 39.4 Å². The summed E-state index contributed by atoms with van der Waals surface area (Å²) in [5.41, 5.74) is 3.88. The Morgan fingerprint density at radius 2 is 1.94 bits per heavy atom. The van der Waals surface area contributed by atoms with Crippen LogP contribution in [0.4, 0.5) is 4.79 Å². The van der Waals surface area contributed by atoms with E-state index in [0.717, 1.165) is 33.5 Å². The Morgan fingerprint density at radius 1 is 1.11 bits per heavy atom. The zero-order valence-corrected chi connectivity index (χ0v) is 21.7. The fourth-order valence-electron chi connectivity index (χ4n) is 4.83. The highest BCUT2D eigenvalue weighted by Gasteiger charge is 2.38. The van der Waals surface area contributed by atoms with Crippen molar-refractivity contribution in [3.63, 3.8) is 0 Å². The van der Waals surface area contributed by atoms with E-state index in [0.29, 0.717) is 18.1 Å². The minimum Gasteiger partial charge on any atom is -0.444 e. The van der Waals surface area contributed by atoms with E-state index in [1.807, 2.05) is 69.3 Å². The van der Waals surface area contributed by atoms with Gasteiger partial charge in [-0.05, 0) is 64.1 Å². The molecule has 4 aromatic rings. The number of pyridine rings is 2. The molecule has 36 heavy (non-hydrogen) atoms. The van der Waals surface area contributed by atoms with E-state index >= 15 is 0 Å². The maximum atomic E-state index is 13.3. The number of rotatable bonds is 3. The molecule has 1 N–H and O–H groups in total. The molecule has 186 valence electrons. The summed E-state index contributed by atoms with van der Waals surface area (Å²) >= 11 is 6.34. The highest BCUT2D eigenvalue weighted by atomic mass is 35.5. The number of halogens is 1. The Balaban J connectivity index is 1.74. The molecule has 0 aliphatic carbocycles. The largest absolute Gasteiger partial charge is 0.444 e. The van der Waals surface area contributed by atoms with Crippen LogP contribution in [0, 0.1) is 0 Å². The highest BCUT2D eigenvalue weighted by molar-refractivity contribution is 6.30. The van der Waals surface area contributed by atoms with Gasteiger partial charge in [-0.2, -0.15) is 0 Å². The number of carbonyl (C=O) groups excluding carboxylic acids is 1. The summed E-state index contributed by atoms with van der Waals surface area (Å²) in [6.07, 6.45) is 5.32. The first-order valence-electron chi connectivity index (χ1n) is 12.1. The fraction of sp³-hybridized carbons (Fsp3) is 0.321. The molecule has 2 atom stereocenters. The number of hydrogen-bond acceptors (Lipinski definition) is 5. The zero-order valence-electron chi connectivity index (χ0n) is 20.9. The van der Waals surface area contributed by atoms with Gasteiger partial charge in [-0.1, -0.05) is 23.7 Å². The van der Waals surface area contributed by atoms with E-state index < -0.39 is 5.60 Å².